The van der Waals surface area contributed by atoms with Gasteiger partial charge in [-0.3, -0.25) is 0 Å². The number of carboxylic acids is 1. The number of anilines is 1. The lowest BCUT2D eigenvalue weighted by molar-refractivity contribution is 0.0694. The Hall–Kier alpha value is -2.69. The molecule has 2 aromatic rings. The topological polar surface area (TPSA) is 81.8 Å². The maximum Gasteiger partial charge on any atom is 0.339 e. The van der Waals surface area contributed by atoms with Gasteiger partial charge in [-0.25, -0.2) is 4.79 Å². The molecule has 0 saturated carbocycles. The van der Waals surface area contributed by atoms with Crippen LogP contribution in [0.25, 0.3) is 0 Å². The number of rotatable bonds is 4. The van der Waals surface area contributed by atoms with E-state index in [2.05, 4.69) is 0 Å². The van der Waals surface area contributed by atoms with Gasteiger partial charge in [0.1, 0.15) is 17.1 Å². The van der Waals surface area contributed by atoms with Crippen LogP contribution in [0.5, 0.6) is 17.2 Å². The highest BCUT2D eigenvalue weighted by atomic mass is 16.5. The van der Waals surface area contributed by atoms with E-state index in [9.17, 15) is 4.79 Å². The van der Waals surface area contributed by atoms with E-state index >= 15 is 0 Å². The van der Waals surface area contributed by atoms with Crippen LogP contribution in [0.2, 0.25) is 0 Å². The lowest BCUT2D eigenvalue weighted by atomic mass is 10.1. The van der Waals surface area contributed by atoms with Crippen molar-refractivity contribution >= 4 is 11.7 Å². The van der Waals surface area contributed by atoms with Crippen molar-refractivity contribution in [3.05, 3.63) is 48.0 Å². The second kappa shape index (κ2) is 5.30. The van der Waals surface area contributed by atoms with Gasteiger partial charge in [0.25, 0.3) is 0 Å². The van der Waals surface area contributed by atoms with Gasteiger partial charge < -0.3 is 20.3 Å². The minimum atomic E-state index is -1.09. The van der Waals surface area contributed by atoms with Crippen LogP contribution >= 0.6 is 0 Å². The zero-order valence-electron chi connectivity index (χ0n) is 10.3. The molecule has 0 unspecified atom stereocenters. The predicted molar refractivity (Wildman–Crippen MR) is 70.9 cm³/mol. The van der Waals surface area contributed by atoms with Crippen molar-refractivity contribution < 1.29 is 19.4 Å². The lowest BCUT2D eigenvalue weighted by Crippen LogP contribution is -2.02. The molecular weight excluding hydrogens is 246 g/mol. The van der Waals surface area contributed by atoms with Crippen molar-refractivity contribution in [3.8, 4) is 17.2 Å². The number of hydrogen-bond acceptors (Lipinski definition) is 4. The van der Waals surface area contributed by atoms with Gasteiger partial charge in [0.15, 0.2) is 5.75 Å². The summed E-state index contributed by atoms with van der Waals surface area (Å²) in [6.45, 7) is 0. The molecule has 0 fully saturated rings. The molecule has 2 rings (SSSR count). The van der Waals surface area contributed by atoms with Crippen molar-refractivity contribution in [2.45, 2.75) is 0 Å². The van der Waals surface area contributed by atoms with Gasteiger partial charge >= 0.3 is 5.97 Å². The van der Waals surface area contributed by atoms with Crippen LogP contribution in [0.4, 0.5) is 5.69 Å². The van der Waals surface area contributed by atoms with Crippen LogP contribution in [0, 0.1) is 0 Å². The summed E-state index contributed by atoms with van der Waals surface area (Å²) in [4.78, 5) is 11.1. The SMILES string of the molecule is COc1cccc(Oc2c(N)cccc2C(=O)O)c1. The smallest absolute Gasteiger partial charge is 0.339 e. The fourth-order valence-corrected chi connectivity index (χ4v) is 1.62. The first-order valence-electron chi connectivity index (χ1n) is 5.55. The van der Waals surface area contributed by atoms with Gasteiger partial charge in [-0.05, 0) is 24.3 Å². The molecule has 19 heavy (non-hydrogen) atoms. The Morgan fingerprint density at radius 1 is 1.16 bits per heavy atom. The predicted octanol–water partition coefficient (Wildman–Crippen LogP) is 2.77. The largest absolute Gasteiger partial charge is 0.497 e. The molecule has 0 saturated heterocycles. The molecule has 0 aromatic heterocycles. The summed E-state index contributed by atoms with van der Waals surface area (Å²) in [6, 6.07) is 11.4. The number of ether oxygens (including phenoxy) is 2. The summed E-state index contributed by atoms with van der Waals surface area (Å²) in [7, 11) is 1.54. The molecule has 0 aliphatic rings. The summed E-state index contributed by atoms with van der Waals surface area (Å²) in [5, 5.41) is 9.11. The van der Waals surface area contributed by atoms with Crippen LogP contribution in [0.1, 0.15) is 10.4 Å². The summed E-state index contributed by atoms with van der Waals surface area (Å²) in [5.74, 6) is 0.108. The average molecular weight is 259 g/mol. The van der Waals surface area contributed by atoms with E-state index in [4.69, 9.17) is 20.3 Å². The van der Waals surface area contributed by atoms with Crippen molar-refractivity contribution in [1.82, 2.24) is 0 Å². The standard InChI is InChI=1S/C14H13NO4/c1-18-9-4-2-5-10(8-9)19-13-11(14(16)17)6-3-7-12(13)15/h2-8H,15H2,1H3,(H,16,17). The molecule has 0 heterocycles. The Balaban J connectivity index is 2.40. The highest BCUT2D eigenvalue weighted by Crippen LogP contribution is 2.32. The van der Waals surface area contributed by atoms with E-state index in [1.54, 1.807) is 43.5 Å². The van der Waals surface area contributed by atoms with E-state index < -0.39 is 5.97 Å². The van der Waals surface area contributed by atoms with Gasteiger partial charge in [-0.15, -0.1) is 0 Å². The number of carboxylic acid groups (broad SMARTS) is 1. The second-order valence-corrected chi connectivity index (χ2v) is 3.81. The molecule has 0 atom stereocenters. The van der Waals surface area contributed by atoms with Gasteiger partial charge in [0.2, 0.25) is 0 Å². The highest BCUT2D eigenvalue weighted by molar-refractivity contribution is 5.93. The minimum absolute atomic E-state index is 0.0165. The molecule has 0 spiro atoms. The third-order valence-corrected chi connectivity index (χ3v) is 2.54. The summed E-state index contributed by atoms with van der Waals surface area (Å²) >= 11 is 0. The van der Waals surface area contributed by atoms with Crippen LogP contribution in [-0.4, -0.2) is 18.2 Å². The number of aromatic carboxylic acids is 1. The van der Waals surface area contributed by atoms with Crippen molar-refractivity contribution in [3.63, 3.8) is 0 Å². The van der Waals surface area contributed by atoms with Gasteiger partial charge in [0, 0.05) is 6.07 Å². The summed E-state index contributed by atoms with van der Waals surface area (Å²) in [6.07, 6.45) is 0. The van der Waals surface area contributed by atoms with E-state index in [1.165, 1.54) is 6.07 Å². The molecule has 0 aliphatic carbocycles. The Bertz CT molecular complexity index is 610. The zero-order valence-corrected chi connectivity index (χ0v) is 10.3. The maximum absolute atomic E-state index is 11.1. The monoisotopic (exact) mass is 259 g/mol. The Kier molecular flexibility index (Phi) is 3.56. The number of nitrogen functional groups attached to an aromatic ring is 1. The molecule has 0 aliphatic heterocycles. The second-order valence-electron chi connectivity index (χ2n) is 3.81. The van der Waals surface area contributed by atoms with E-state index in [0.717, 1.165) is 0 Å². The molecule has 0 amide bonds. The first kappa shape index (κ1) is 12.8. The van der Waals surface area contributed by atoms with Crippen molar-refractivity contribution in [2.75, 3.05) is 12.8 Å². The van der Waals surface area contributed by atoms with Crippen molar-refractivity contribution in [2.24, 2.45) is 0 Å². The third kappa shape index (κ3) is 2.77. The van der Waals surface area contributed by atoms with Crippen LogP contribution in [0.3, 0.4) is 0 Å². The van der Waals surface area contributed by atoms with E-state index in [1.807, 2.05) is 0 Å². The highest BCUT2D eigenvalue weighted by Gasteiger charge is 2.14. The Labute approximate surface area is 110 Å². The molecule has 0 radical (unpaired) electrons. The van der Waals surface area contributed by atoms with E-state index in [0.29, 0.717) is 11.5 Å². The van der Waals surface area contributed by atoms with Crippen LogP contribution < -0.4 is 15.2 Å². The minimum Gasteiger partial charge on any atom is -0.497 e. The zero-order chi connectivity index (χ0) is 13.8. The quantitative estimate of drug-likeness (QED) is 0.825. The van der Waals surface area contributed by atoms with Crippen molar-refractivity contribution in [1.29, 1.82) is 0 Å². The fraction of sp³-hybridized carbons (Fsp3) is 0.0714. The van der Waals surface area contributed by atoms with Crippen LogP contribution in [0.15, 0.2) is 42.5 Å². The summed E-state index contributed by atoms with van der Waals surface area (Å²) < 4.78 is 10.6. The number of para-hydroxylation sites is 1. The number of nitrogens with two attached hydrogens (primary N) is 1. The Morgan fingerprint density at radius 3 is 2.53 bits per heavy atom. The summed E-state index contributed by atoms with van der Waals surface area (Å²) in [5.41, 5.74) is 6.04. The molecule has 2 aromatic carbocycles. The molecule has 98 valence electrons. The maximum atomic E-state index is 11.1. The first-order chi connectivity index (χ1) is 9.11. The normalized spacial score (nSPS) is 9.95. The number of hydrogen-bond donors (Lipinski definition) is 2. The lowest BCUT2D eigenvalue weighted by Gasteiger charge is -2.11. The molecule has 3 N–H and O–H groups in total. The first-order valence-corrected chi connectivity index (χ1v) is 5.55. The van der Waals surface area contributed by atoms with Crippen LogP contribution in [-0.2, 0) is 0 Å². The Morgan fingerprint density at radius 2 is 1.84 bits per heavy atom. The van der Waals surface area contributed by atoms with Gasteiger partial charge in [0.05, 0.1) is 12.8 Å². The number of carbonyl (C=O) groups is 1. The van der Waals surface area contributed by atoms with Gasteiger partial charge in [-0.1, -0.05) is 12.1 Å². The molecule has 5 heteroatoms. The fourth-order valence-electron chi connectivity index (χ4n) is 1.62. The number of benzene rings is 2. The molecular formula is C14H13NO4. The average Bonchev–Trinajstić information content (AvgIpc) is 2.41. The number of methoxy groups -OCH3 is 1. The van der Waals surface area contributed by atoms with E-state index in [-0.39, 0.29) is 17.0 Å². The third-order valence-electron chi connectivity index (χ3n) is 2.54. The molecule has 0 bridgehead atoms. The van der Waals surface area contributed by atoms with Gasteiger partial charge in [-0.2, -0.15) is 0 Å². The molecule has 5 nitrogen and oxygen atoms in total.